The van der Waals surface area contributed by atoms with Crippen LogP contribution in [0.15, 0.2) is 60.9 Å². The predicted octanol–water partition coefficient (Wildman–Crippen LogP) is 4.57. The Labute approximate surface area is 147 Å². The van der Waals surface area contributed by atoms with Gasteiger partial charge in [0.25, 0.3) is 0 Å². The van der Waals surface area contributed by atoms with Gasteiger partial charge in [-0.05, 0) is 36.2 Å². The maximum absolute atomic E-state index is 5.96. The first-order chi connectivity index (χ1) is 11.8. The van der Waals surface area contributed by atoms with Gasteiger partial charge < -0.3 is 5.32 Å². The highest BCUT2D eigenvalue weighted by Crippen LogP contribution is 2.25. The number of hydrogen-bond acceptors (Lipinski definition) is 3. The number of fused-ring (bicyclic) bond motifs is 1. The maximum atomic E-state index is 5.96. The number of nitrogens with zero attached hydrogens (tertiary/aromatic N) is 2. The number of nitrogens with one attached hydrogen (secondary N) is 1. The van der Waals surface area contributed by atoms with Gasteiger partial charge in [0.2, 0.25) is 0 Å². The van der Waals surface area contributed by atoms with Crippen molar-refractivity contribution in [2.24, 2.45) is 0 Å². The first-order valence-corrected chi connectivity index (χ1v) is 8.72. The summed E-state index contributed by atoms with van der Waals surface area (Å²) in [4.78, 5) is 6.70. The van der Waals surface area contributed by atoms with Gasteiger partial charge in [0, 0.05) is 59.6 Å². The SMILES string of the molecule is Clc1ccc(CN2CC[C@@H](Nc3cccc4cnccc34)C2)cc1. The lowest BCUT2D eigenvalue weighted by atomic mass is 10.1. The van der Waals surface area contributed by atoms with Gasteiger partial charge in [-0.1, -0.05) is 35.9 Å². The second-order valence-electron chi connectivity index (χ2n) is 6.39. The molecule has 1 atom stereocenters. The largest absolute Gasteiger partial charge is 0.380 e. The van der Waals surface area contributed by atoms with E-state index >= 15 is 0 Å². The van der Waals surface area contributed by atoms with E-state index in [-0.39, 0.29) is 0 Å². The van der Waals surface area contributed by atoms with Crippen LogP contribution in [0, 0.1) is 0 Å². The Balaban J connectivity index is 1.42. The first kappa shape index (κ1) is 15.4. The molecule has 1 aliphatic rings. The Morgan fingerprint density at radius 2 is 2.00 bits per heavy atom. The van der Waals surface area contributed by atoms with E-state index in [9.17, 15) is 0 Å². The summed E-state index contributed by atoms with van der Waals surface area (Å²) in [5.41, 5.74) is 2.52. The number of rotatable bonds is 4. The molecule has 0 aliphatic carbocycles. The third-order valence-corrected chi connectivity index (χ3v) is 4.88. The molecule has 3 aromatic rings. The number of pyridine rings is 1. The van der Waals surface area contributed by atoms with Crippen molar-refractivity contribution >= 4 is 28.1 Å². The zero-order valence-electron chi connectivity index (χ0n) is 13.5. The van der Waals surface area contributed by atoms with Crippen LogP contribution in [0.1, 0.15) is 12.0 Å². The zero-order chi connectivity index (χ0) is 16.4. The molecule has 1 fully saturated rings. The van der Waals surface area contributed by atoms with E-state index in [2.05, 4.69) is 51.6 Å². The number of aromatic nitrogens is 1. The Morgan fingerprint density at radius 1 is 1.12 bits per heavy atom. The molecule has 4 rings (SSSR count). The minimum Gasteiger partial charge on any atom is -0.380 e. The molecule has 0 bridgehead atoms. The first-order valence-electron chi connectivity index (χ1n) is 8.34. The molecule has 0 amide bonds. The van der Waals surface area contributed by atoms with Crippen molar-refractivity contribution in [2.75, 3.05) is 18.4 Å². The summed E-state index contributed by atoms with van der Waals surface area (Å²) in [7, 11) is 0. The van der Waals surface area contributed by atoms with Gasteiger partial charge in [-0.25, -0.2) is 0 Å². The van der Waals surface area contributed by atoms with E-state index in [4.69, 9.17) is 11.6 Å². The summed E-state index contributed by atoms with van der Waals surface area (Å²) in [6.07, 6.45) is 4.94. The van der Waals surface area contributed by atoms with Gasteiger partial charge in [-0.3, -0.25) is 9.88 Å². The molecule has 0 unspecified atom stereocenters. The molecule has 1 saturated heterocycles. The fourth-order valence-corrected chi connectivity index (χ4v) is 3.54. The average molecular weight is 338 g/mol. The minimum absolute atomic E-state index is 0.482. The number of halogens is 1. The van der Waals surface area contributed by atoms with Crippen LogP contribution in [0.25, 0.3) is 10.8 Å². The maximum Gasteiger partial charge on any atom is 0.0423 e. The number of likely N-dealkylation sites (tertiary alicyclic amines) is 1. The van der Waals surface area contributed by atoms with E-state index in [1.807, 2.05) is 24.5 Å². The summed E-state index contributed by atoms with van der Waals surface area (Å²) in [5, 5.41) is 6.93. The molecule has 24 heavy (non-hydrogen) atoms. The lowest BCUT2D eigenvalue weighted by molar-refractivity contribution is 0.328. The van der Waals surface area contributed by atoms with Crippen LogP contribution in [-0.2, 0) is 6.54 Å². The van der Waals surface area contributed by atoms with Crippen molar-refractivity contribution in [2.45, 2.75) is 19.0 Å². The lowest BCUT2D eigenvalue weighted by Crippen LogP contribution is -2.26. The van der Waals surface area contributed by atoms with E-state index in [0.29, 0.717) is 6.04 Å². The van der Waals surface area contributed by atoms with Crippen LogP contribution in [0.3, 0.4) is 0 Å². The van der Waals surface area contributed by atoms with Crippen molar-refractivity contribution in [3.05, 3.63) is 71.5 Å². The summed E-state index contributed by atoms with van der Waals surface area (Å²) >= 11 is 5.96. The fraction of sp³-hybridized carbons (Fsp3) is 0.250. The van der Waals surface area contributed by atoms with Gasteiger partial charge in [0.05, 0.1) is 0 Å². The molecule has 0 radical (unpaired) electrons. The molecule has 4 heteroatoms. The normalized spacial score (nSPS) is 18.1. The van der Waals surface area contributed by atoms with Crippen molar-refractivity contribution < 1.29 is 0 Å². The highest BCUT2D eigenvalue weighted by molar-refractivity contribution is 6.30. The van der Waals surface area contributed by atoms with Gasteiger partial charge in [0.1, 0.15) is 0 Å². The van der Waals surface area contributed by atoms with Crippen LogP contribution in [0.4, 0.5) is 5.69 Å². The number of anilines is 1. The molecule has 0 spiro atoms. The molecular formula is C20H20ClN3. The summed E-state index contributed by atoms with van der Waals surface area (Å²) in [6.45, 7) is 3.16. The highest BCUT2D eigenvalue weighted by Gasteiger charge is 2.22. The molecule has 3 nitrogen and oxygen atoms in total. The highest BCUT2D eigenvalue weighted by atomic mass is 35.5. The van der Waals surface area contributed by atoms with Crippen molar-refractivity contribution in [3.8, 4) is 0 Å². The van der Waals surface area contributed by atoms with Crippen LogP contribution in [0.5, 0.6) is 0 Å². The molecule has 122 valence electrons. The molecule has 1 N–H and O–H groups in total. The summed E-state index contributed by atoms with van der Waals surface area (Å²) < 4.78 is 0. The van der Waals surface area contributed by atoms with E-state index in [0.717, 1.165) is 31.1 Å². The van der Waals surface area contributed by atoms with Gasteiger partial charge in [-0.2, -0.15) is 0 Å². The van der Waals surface area contributed by atoms with Crippen molar-refractivity contribution in [1.82, 2.24) is 9.88 Å². The van der Waals surface area contributed by atoms with Crippen molar-refractivity contribution in [3.63, 3.8) is 0 Å². The summed E-state index contributed by atoms with van der Waals surface area (Å²) in [5.74, 6) is 0. The smallest absolute Gasteiger partial charge is 0.0423 e. The Kier molecular flexibility index (Phi) is 4.37. The number of hydrogen-bond donors (Lipinski definition) is 1. The standard InChI is InChI=1S/C20H20ClN3/c21-17-6-4-15(5-7-17)13-24-11-9-18(14-24)23-20-3-1-2-16-12-22-10-8-19(16)20/h1-8,10,12,18,23H,9,11,13-14H2/t18-/m1/s1. The van der Waals surface area contributed by atoms with Crippen molar-refractivity contribution in [1.29, 1.82) is 0 Å². The summed E-state index contributed by atoms with van der Waals surface area (Å²) in [6, 6.07) is 17.1. The molecule has 1 aliphatic heterocycles. The van der Waals surface area contributed by atoms with Gasteiger partial charge >= 0.3 is 0 Å². The third kappa shape index (κ3) is 3.37. The lowest BCUT2D eigenvalue weighted by Gasteiger charge is -2.18. The fourth-order valence-electron chi connectivity index (χ4n) is 3.41. The second kappa shape index (κ2) is 6.80. The minimum atomic E-state index is 0.482. The topological polar surface area (TPSA) is 28.2 Å². The monoisotopic (exact) mass is 337 g/mol. The Hall–Kier alpha value is -2.10. The predicted molar refractivity (Wildman–Crippen MR) is 100 cm³/mol. The van der Waals surface area contributed by atoms with Crippen LogP contribution in [0.2, 0.25) is 5.02 Å². The number of benzene rings is 2. The van der Waals surface area contributed by atoms with E-state index < -0.39 is 0 Å². The molecule has 1 aromatic heterocycles. The van der Waals surface area contributed by atoms with Gasteiger partial charge in [-0.15, -0.1) is 0 Å². The Bertz CT molecular complexity index is 826. The van der Waals surface area contributed by atoms with Crippen LogP contribution < -0.4 is 5.32 Å². The molecular weight excluding hydrogens is 318 g/mol. The zero-order valence-corrected chi connectivity index (χ0v) is 14.2. The molecule has 2 aromatic carbocycles. The van der Waals surface area contributed by atoms with E-state index in [1.165, 1.54) is 22.0 Å². The van der Waals surface area contributed by atoms with Crippen LogP contribution >= 0.6 is 11.6 Å². The van der Waals surface area contributed by atoms with Gasteiger partial charge in [0.15, 0.2) is 0 Å². The quantitative estimate of drug-likeness (QED) is 0.755. The van der Waals surface area contributed by atoms with E-state index in [1.54, 1.807) is 0 Å². The average Bonchev–Trinajstić information content (AvgIpc) is 3.04. The molecule has 0 saturated carbocycles. The molecule has 2 heterocycles. The Morgan fingerprint density at radius 3 is 2.88 bits per heavy atom. The second-order valence-corrected chi connectivity index (χ2v) is 6.83. The van der Waals surface area contributed by atoms with Crippen LogP contribution in [-0.4, -0.2) is 29.0 Å². The third-order valence-electron chi connectivity index (χ3n) is 4.63.